The smallest absolute Gasteiger partial charge is 0.211 e. The Labute approximate surface area is 107 Å². The van der Waals surface area contributed by atoms with Crippen molar-refractivity contribution in [2.75, 3.05) is 0 Å². The number of benzene rings is 1. The molecule has 1 aliphatic rings. The Hall–Kier alpha value is -0.750. The minimum Gasteiger partial charge on any atom is -0.211 e. The predicted octanol–water partition coefficient (Wildman–Crippen LogP) is 3.74. The van der Waals surface area contributed by atoms with E-state index in [0.717, 1.165) is 18.4 Å². The molecule has 0 aliphatic heterocycles. The molecule has 2 rings (SSSR count). The lowest BCUT2D eigenvalue weighted by atomic mass is 10.1. The average molecular weight is 299 g/mol. The molecule has 0 spiro atoms. The largest absolute Gasteiger partial charge is 0.410 e. The third-order valence-corrected chi connectivity index (χ3v) is 4.50. The first-order valence-electron chi connectivity index (χ1n) is 5.29. The zero-order valence-electron chi connectivity index (χ0n) is 9.11. The molecule has 0 amide bonds. The summed E-state index contributed by atoms with van der Waals surface area (Å²) >= 11 is 0. The maximum absolute atomic E-state index is 12.7. The van der Waals surface area contributed by atoms with Crippen LogP contribution in [0.2, 0.25) is 0 Å². The van der Waals surface area contributed by atoms with Gasteiger partial charge in [-0.25, -0.2) is 8.42 Å². The lowest BCUT2D eigenvalue weighted by Gasteiger charge is -2.17. The van der Waals surface area contributed by atoms with Crippen LogP contribution in [0.25, 0.3) is 0 Å². The fraction of sp³-hybridized carbons (Fsp3) is 0.455. The van der Waals surface area contributed by atoms with Crippen LogP contribution in [0.3, 0.4) is 0 Å². The summed E-state index contributed by atoms with van der Waals surface area (Å²) in [6.07, 6.45) is -2.87. The third-order valence-electron chi connectivity index (χ3n) is 2.87. The van der Waals surface area contributed by atoms with E-state index in [2.05, 4.69) is 0 Å². The van der Waals surface area contributed by atoms with Gasteiger partial charge in [-0.05, 0) is 29.9 Å². The number of halogens is 4. The zero-order valence-corrected chi connectivity index (χ0v) is 10.7. The first-order valence-corrected chi connectivity index (χ1v) is 7.67. The van der Waals surface area contributed by atoms with Gasteiger partial charge in [0.2, 0.25) is 9.05 Å². The molecule has 1 aliphatic carbocycles. The number of hydrogen-bond acceptors (Lipinski definition) is 2. The van der Waals surface area contributed by atoms with Gasteiger partial charge in [0.25, 0.3) is 0 Å². The van der Waals surface area contributed by atoms with Crippen LogP contribution >= 0.6 is 10.7 Å². The molecule has 0 radical (unpaired) electrons. The highest BCUT2D eigenvalue weighted by Crippen LogP contribution is 2.43. The van der Waals surface area contributed by atoms with Gasteiger partial charge in [0.1, 0.15) is 0 Å². The Morgan fingerprint density at radius 3 is 2.00 bits per heavy atom. The monoisotopic (exact) mass is 298 g/mol. The Morgan fingerprint density at radius 2 is 1.67 bits per heavy atom. The Morgan fingerprint density at radius 1 is 1.17 bits per heavy atom. The van der Waals surface area contributed by atoms with E-state index in [9.17, 15) is 21.6 Å². The lowest BCUT2D eigenvalue weighted by Crippen LogP contribution is -2.25. The molecule has 1 aromatic rings. The van der Waals surface area contributed by atoms with Crippen LogP contribution in [-0.2, 0) is 9.05 Å². The third kappa shape index (κ3) is 2.98. The molecule has 1 aromatic carbocycles. The van der Waals surface area contributed by atoms with Crippen molar-refractivity contribution in [2.24, 2.45) is 0 Å². The van der Waals surface area contributed by atoms with Crippen LogP contribution < -0.4 is 0 Å². The quantitative estimate of drug-likeness (QED) is 0.797. The minimum absolute atomic E-state index is 0.345. The first kappa shape index (κ1) is 13.7. The number of alkyl halides is 3. The molecule has 1 atom stereocenters. The van der Waals surface area contributed by atoms with E-state index in [1.807, 2.05) is 0 Å². The second kappa shape index (κ2) is 4.42. The summed E-state index contributed by atoms with van der Waals surface area (Å²) in [5.74, 6) is 0.399. The van der Waals surface area contributed by atoms with Crippen molar-refractivity contribution >= 4 is 19.7 Å². The van der Waals surface area contributed by atoms with Crippen LogP contribution in [0.5, 0.6) is 0 Å². The molecular formula is C11H10ClF3O2S. The minimum atomic E-state index is -4.91. The predicted molar refractivity (Wildman–Crippen MR) is 62.0 cm³/mol. The molecule has 0 aromatic heterocycles. The van der Waals surface area contributed by atoms with Gasteiger partial charge in [0.15, 0.2) is 5.25 Å². The van der Waals surface area contributed by atoms with Crippen LogP contribution in [0, 0.1) is 0 Å². The van der Waals surface area contributed by atoms with Crippen molar-refractivity contribution in [1.82, 2.24) is 0 Å². The molecule has 0 heterocycles. The van der Waals surface area contributed by atoms with Crippen molar-refractivity contribution in [3.63, 3.8) is 0 Å². The fourth-order valence-corrected chi connectivity index (χ4v) is 3.28. The van der Waals surface area contributed by atoms with Crippen LogP contribution in [0.1, 0.15) is 35.1 Å². The molecule has 100 valence electrons. The van der Waals surface area contributed by atoms with E-state index < -0.39 is 20.5 Å². The Balaban J connectivity index is 2.36. The van der Waals surface area contributed by atoms with Gasteiger partial charge in [-0.2, -0.15) is 13.2 Å². The van der Waals surface area contributed by atoms with E-state index in [1.165, 1.54) is 24.3 Å². The summed E-state index contributed by atoms with van der Waals surface area (Å²) in [7, 11) is 0.139. The zero-order chi connectivity index (χ0) is 13.6. The van der Waals surface area contributed by atoms with Gasteiger partial charge in [-0.15, -0.1) is 0 Å². The fourth-order valence-electron chi connectivity index (χ4n) is 1.87. The molecule has 1 unspecified atom stereocenters. The molecule has 2 nitrogen and oxygen atoms in total. The summed E-state index contributed by atoms with van der Waals surface area (Å²) in [4.78, 5) is 0. The molecule has 18 heavy (non-hydrogen) atoms. The second-order valence-corrected chi connectivity index (χ2v) is 7.05. The molecule has 0 bridgehead atoms. The highest BCUT2D eigenvalue weighted by Gasteiger charge is 2.49. The van der Waals surface area contributed by atoms with Crippen molar-refractivity contribution in [2.45, 2.75) is 30.2 Å². The van der Waals surface area contributed by atoms with Gasteiger partial charge in [0, 0.05) is 10.7 Å². The summed E-state index contributed by atoms with van der Waals surface area (Å²) < 4.78 is 60.2. The van der Waals surface area contributed by atoms with Crippen LogP contribution in [0.15, 0.2) is 24.3 Å². The average Bonchev–Trinajstić information content (AvgIpc) is 2.97. The summed E-state index contributed by atoms with van der Waals surface area (Å²) in [5.41, 5.74) is 0.591. The lowest BCUT2D eigenvalue weighted by molar-refractivity contribution is -0.131. The van der Waals surface area contributed by atoms with Crippen molar-refractivity contribution in [3.05, 3.63) is 35.4 Å². The van der Waals surface area contributed by atoms with Gasteiger partial charge in [0.05, 0.1) is 0 Å². The van der Waals surface area contributed by atoms with E-state index in [1.54, 1.807) is 0 Å². The highest BCUT2D eigenvalue weighted by molar-refractivity contribution is 8.14. The maximum Gasteiger partial charge on any atom is 0.410 e. The van der Waals surface area contributed by atoms with Crippen molar-refractivity contribution in [3.8, 4) is 0 Å². The van der Waals surface area contributed by atoms with Crippen molar-refractivity contribution in [1.29, 1.82) is 0 Å². The second-order valence-electron chi connectivity index (χ2n) is 4.34. The molecular weight excluding hydrogens is 289 g/mol. The normalized spacial score (nSPS) is 18.7. The number of hydrogen-bond donors (Lipinski definition) is 0. The topological polar surface area (TPSA) is 34.1 Å². The standard InChI is InChI=1S/C11H10ClF3O2S/c12-18(16,17)10(11(13,14)15)9-5-3-8(4-6-9)7-1-2-7/h3-7,10H,1-2H2. The molecule has 1 fully saturated rings. The van der Waals surface area contributed by atoms with Crippen LogP contribution in [-0.4, -0.2) is 14.6 Å². The summed E-state index contributed by atoms with van der Waals surface area (Å²) in [6.45, 7) is 0. The summed E-state index contributed by atoms with van der Waals surface area (Å²) in [6, 6.07) is 5.44. The van der Waals surface area contributed by atoms with Gasteiger partial charge in [-0.3, -0.25) is 0 Å². The van der Waals surface area contributed by atoms with Gasteiger partial charge in [-0.1, -0.05) is 24.3 Å². The molecule has 0 N–H and O–H groups in total. The first-order chi connectivity index (χ1) is 8.19. The maximum atomic E-state index is 12.7. The summed E-state index contributed by atoms with van der Waals surface area (Å²) in [5, 5.41) is -2.67. The Kier molecular flexibility index (Phi) is 3.36. The van der Waals surface area contributed by atoms with Crippen molar-refractivity contribution < 1.29 is 21.6 Å². The molecule has 7 heteroatoms. The molecule has 0 saturated heterocycles. The van der Waals surface area contributed by atoms with Crippen LogP contribution in [0.4, 0.5) is 13.2 Å². The van der Waals surface area contributed by atoms with E-state index in [-0.39, 0.29) is 5.56 Å². The van der Waals surface area contributed by atoms with Gasteiger partial charge < -0.3 is 0 Å². The van der Waals surface area contributed by atoms with Gasteiger partial charge >= 0.3 is 6.18 Å². The SMILES string of the molecule is O=S(=O)(Cl)C(c1ccc(C2CC2)cc1)C(F)(F)F. The number of rotatable bonds is 3. The Bertz CT molecular complexity index is 532. The van der Waals surface area contributed by atoms with E-state index >= 15 is 0 Å². The van der Waals surface area contributed by atoms with E-state index in [4.69, 9.17) is 10.7 Å². The highest BCUT2D eigenvalue weighted by atomic mass is 35.7. The molecule has 1 saturated carbocycles. The van der Waals surface area contributed by atoms with E-state index in [0.29, 0.717) is 5.92 Å².